The fourth-order valence-electron chi connectivity index (χ4n) is 1.31. The zero-order chi connectivity index (χ0) is 9.03. The van der Waals surface area contributed by atoms with Crippen LogP contribution < -0.4 is 0 Å². The molecule has 0 bridgehead atoms. The van der Waals surface area contributed by atoms with Crippen LogP contribution in [-0.2, 0) is 0 Å². The van der Waals surface area contributed by atoms with Gasteiger partial charge in [0, 0.05) is 0 Å². The summed E-state index contributed by atoms with van der Waals surface area (Å²) in [4.78, 5) is 3.83. The van der Waals surface area contributed by atoms with Crippen LogP contribution in [0.1, 0.15) is 26.2 Å². The minimum absolute atomic E-state index is 0.679. The molecule has 1 rings (SSSR count). The Labute approximate surface area is 73.3 Å². The number of hydrogen-bond acceptors (Lipinski definition) is 2. The number of aliphatic imine (C=N–C) groups is 1. The summed E-state index contributed by atoms with van der Waals surface area (Å²) in [6.45, 7) is 5.38. The smallest absolute Gasteiger partial charge is 0.106 e. The van der Waals surface area contributed by atoms with Gasteiger partial charge in [0.15, 0.2) is 0 Å². The van der Waals surface area contributed by atoms with Gasteiger partial charge < -0.3 is 5.11 Å². The standard InChI is InChI=1S/C10H15NO/c1-3-4-6-9(11-2)10(12)7-5-8-10/h3-4,6,12H,2,5,7-8H2,1H3/b4-3-,9-6-. The van der Waals surface area contributed by atoms with E-state index < -0.39 is 5.60 Å². The second-order valence-electron chi connectivity index (χ2n) is 3.12. The Morgan fingerprint density at radius 3 is 2.58 bits per heavy atom. The van der Waals surface area contributed by atoms with Crippen LogP contribution in [0.25, 0.3) is 0 Å². The fourth-order valence-corrected chi connectivity index (χ4v) is 1.31. The molecule has 0 amide bonds. The van der Waals surface area contributed by atoms with Crippen molar-refractivity contribution in [3.63, 3.8) is 0 Å². The summed E-state index contributed by atoms with van der Waals surface area (Å²) in [7, 11) is 0. The molecule has 1 aliphatic rings. The topological polar surface area (TPSA) is 32.6 Å². The Hall–Kier alpha value is -0.890. The highest BCUT2D eigenvalue weighted by Gasteiger charge is 2.37. The molecule has 0 spiro atoms. The first-order valence-electron chi connectivity index (χ1n) is 4.25. The fraction of sp³-hybridized carbons (Fsp3) is 0.500. The summed E-state index contributed by atoms with van der Waals surface area (Å²) in [5, 5.41) is 9.86. The highest BCUT2D eigenvalue weighted by molar-refractivity contribution is 5.35. The molecule has 0 saturated heterocycles. The van der Waals surface area contributed by atoms with Crippen LogP contribution in [0.15, 0.2) is 28.9 Å². The van der Waals surface area contributed by atoms with Crippen LogP contribution in [0.5, 0.6) is 0 Å². The first-order valence-corrected chi connectivity index (χ1v) is 4.25. The van der Waals surface area contributed by atoms with Crippen LogP contribution in [-0.4, -0.2) is 17.4 Å². The monoisotopic (exact) mass is 165 g/mol. The summed E-state index contributed by atoms with van der Waals surface area (Å²) < 4.78 is 0. The summed E-state index contributed by atoms with van der Waals surface area (Å²) >= 11 is 0. The van der Waals surface area contributed by atoms with Gasteiger partial charge in [-0.05, 0) is 39.0 Å². The third-order valence-electron chi connectivity index (χ3n) is 2.27. The molecule has 0 radical (unpaired) electrons. The molecule has 0 aromatic rings. The largest absolute Gasteiger partial charge is 0.384 e. The molecule has 0 aromatic heterocycles. The second kappa shape index (κ2) is 3.68. The maximum Gasteiger partial charge on any atom is 0.106 e. The van der Waals surface area contributed by atoms with Gasteiger partial charge in [-0.15, -0.1) is 0 Å². The molecule has 0 atom stereocenters. The van der Waals surface area contributed by atoms with Crippen LogP contribution in [0.2, 0.25) is 0 Å². The normalized spacial score (nSPS) is 22.3. The minimum Gasteiger partial charge on any atom is -0.384 e. The van der Waals surface area contributed by atoms with Crippen LogP contribution in [0, 0.1) is 0 Å². The highest BCUT2D eigenvalue weighted by Crippen LogP contribution is 2.38. The van der Waals surface area contributed by atoms with Gasteiger partial charge in [-0.1, -0.05) is 12.2 Å². The van der Waals surface area contributed by atoms with E-state index in [-0.39, 0.29) is 0 Å². The molecule has 0 heterocycles. The van der Waals surface area contributed by atoms with Crippen LogP contribution in [0.4, 0.5) is 0 Å². The Bertz CT molecular complexity index is 224. The third kappa shape index (κ3) is 1.64. The van der Waals surface area contributed by atoms with Gasteiger partial charge >= 0.3 is 0 Å². The molecule has 1 fully saturated rings. The van der Waals surface area contributed by atoms with E-state index in [1.165, 1.54) is 0 Å². The molecular formula is C10H15NO. The van der Waals surface area contributed by atoms with Crippen molar-refractivity contribution in [1.29, 1.82) is 0 Å². The first kappa shape index (κ1) is 9.20. The predicted octanol–water partition coefficient (Wildman–Crippen LogP) is 2.06. The van der Waals surface area contributed by atoms with E-state index in [1.807, 2.05) is 25.2 Å². The number of hydrogen-bond donors (Lipinski definition) is 1. The van der Waals surface area contributed by atoms with E-state index in [0.717, 1.165) is 19.3 Å². The lowest BCUT2D eigenvalue weighted by Gasteiger charge is -2.36. The van der Waals surface area contributed by atoms with Gasteiger partial charge in [-0.3, -0.25) is 4.99 Å². The maximum atomic E-state index is 9.86. The minimum atomic E-state index is -0.679. The van der Waals surface area contributed by atoms with Crippen molar-refractivity contribution < 1.29 is 5.11 Å². The molecule has 66 valence electrons. The van der Waals surface area contributed by atoms with E-state index in [4.69, 9.17) is 0 Å². The van der Waals surface area contributed by atoms with Gasteiger partial charge in [0.25, 0.3) is 0 Å². The Morgan fingerprint density at radius 2 is 2.25 bits per heavy atom. The highest BCUT2D eigenvalue weighted by atomic mass is 16.3. The average Bonchev–Trinajstić information content (AvgIpc) is 2.02. The van der Waals surface area contributed by atoms with Gasteiger partial charge in [-0.25, -0.2) is 0 Å². The average molecular weight is 165 g/mol. The number of aliphatic hydroxyl groups is 1. The van der Waals surface area contributed by atoms with Crippen molar-refractivity contribution in [2.75, 3.05) is 0 Å². The first-order chi connectivity index (χ1) is 5.73. The summed E-state index contributed by atoms with van der Waals surface area (Å²) in [5.41, 5.74) is 0.0215. The number of rotatable bonds is 3. The molecule has 0 aromatic carbocycles. The molecule has 0 unspecified atom stereocenters. The summed E-state index contributed by atoms with van der Waals surface area (Å²) in [6, 6.07) is 0. The second-order valence-corrected chi connectivity index (χ2v) is 3.12. The van der Waals surface area contributed by atoms with Gasteiger partial charge in [0.05, 0.1) is 5.70 Å². The molecule has 1 aliphatic carbocycles. The van der Waals surface area contributed by atoms with Gasteiger partial charge in [0.1, 0.15) is 5.60 Å². The van der Waals surface area contributed by atoms with Crippen LogP contribution >= 0.6 is 0 Å². The van der Waals surface area contributed by atoms with Crippen molar-refractivity contribution in [1.82, 2.24) is 0 Å². The van der Waals surface area contributed by atoms with E-state index >= 15 is 0 Å². The lowest BCUT2D eigenvalue weighted by atomic mass is 9.77. The zero-order valence-electron chi connectivity index (χ0n) is 7.45. The molecule has 1 saturated carbocycles. The molecule has 2 nitrogen and oxygen atoms in total. The van der Waals surface area contributed by atoms with Crippen molar-refractivity contribution in [3.8, 4) is 0 Å². The lowest BCUT2D eigenvalue weighted by molar-refractivity contribution is 0.00176. The SMILES string of the molecule is C=N/C(=C\C=C/C)C1(O)CCC1. The van der Waals surface area contributed by atoms with E-state index in [2.05, 4.69) is 11.7 Å². The van der Waals surface area contributed by atoms with Crippen molar-refractivity contribution in [2.24, 2.45) is 4.99 Å². The number of allylic oxidation sites excluding steroid dienone is 3. The summed E-state index contributed by atoms with van der Waals surface area (Å²) in [5.74, 6) is 0. The maximum absolute atomic E-state index is 9.86. The molecule has 12 heavy (non-hydrogen) atoms. The molecule has 1 N–H and O–H groups in total. The predicted molar refractivity (Wildman–Crippen MR) is 51.2 cm³/mol. The molecule has 2 heteroatoms. The van der Waals surface area contributed by atoms with E-state index in [9.17, 15) is 5.11 Å². The molecule has 0 aliphatic heterocycles. The Balaban J connectivity index is 2.73. The zero-order valence-corrected chi connectivity index (χ0v) is 7.45. The van der Waals surface area contributed by atoms with Crippen molar-refractivity contribution in [2.45, 2.75) is 31.8 Å². The van der Waals surface area contributed by atoms with E-state index in [1.54, 1.807) is 0 Å². The van der Waals surface area contributed by atoms with Crippen molar-refractivity contribution in [3.05, 3.63) is 23.9 Å². The quantitative estimate of drug-likeness (QED) is 0.504. The van der Waals surface area contributed by atoms with E-state index in [0.29, 0.717) is 5.70 Å². The molecular weight excluding hydrogens is 150 g/mol. The van der Waals surface area contributed by atoms with Crippen LogP contribution in [0.3, 0.4) is 0 Å². The Kier molecular flexibility index (Phi) is 2.82. The Morgan fingerprint density at radius 1 is 1.58 bits per heavy atom. The lowest BCUT2D eigenvalue weighted by Crippen LogP contribution is -2.38. The number of nitrogens with zero attached hydrogens (tertiary/aromatic N) is 1. The van der Waals surface area contributed by atoms with Crippen molar-refractivity contribution >= 4 is 6.72 Å². The van der Waals surface area contributed by atoms with Gasteiger partial charge in [-0.2, -0.15) is 0 Å². The van der Waals surface area contributed by atoms with Gasteiger partial charge in [0.2, 0.25) is 0 Å². The third-order valence-corrected chi connectivity index (χ3v) is 2.27. The summed E-state index contributed by atoms with van der Waals surface area (Å²) in [6.07, 6.45) is 8.32.